The number of carbonyl (C=O) groups is 1. The number of carbonyl (C=O) groups excluding carboxylic acids is 1. The van der Waals surface area contributed by atoms with Crippen LogP contribution in [-0.2, 0) is 9.53 Å². The third-order valence-electron chi connectivity index (χ3n) is 5.85. The fourth-order valence-electron chi connectivity index (χ4n) is 4.29. The van der Waals surface area contributed by atoms with Crippen LogP contribution in [-0.4, -0.2) is 49.5 Å². The van der Waals surface area contributed by atoms with E-state index in [1.54, 1.807) is 17.0 Å². The number of hydrogen-bond donors (Lipinski definition) is 2. The van der Waals surface area contributed by atoms with Crippen LogP contribution in [0.15, 0.2) is 42.5 Å². The first-order valence-electron chi connectivity index (χ1n) is 10.5. The minimum atomic E-state index is -4.91. The van der Waals surface area contributed by atoms with E-state index in [4.69, 9.17) is 22.1 Å². The van der Waals surface area contributed by atoms with Crippen LogP contribution in [0.25, 0.3) is 6.08 Å². The average molecular weight is 500 g/mol. The van der Waals surface area contributed by atoms with Gasteiger partial charge in [-0.3, -0.25) is 4.79 Å². The summed E-state index contributed by atoms with van der Waals surface area (Å²) in [6, 6.07) is 8.33. The van der Waals surface area contributed by atoms with Gasteiger partial charge in [0.1, 0.15) is 11.6 Å². The number of amides is 1. The van der Waals surface area contributed by atoms with E-state index in [0.29, 0.717) is 26.3 Å². The number of nitrogens with zero attached hydrogens (tertiary/aromatic N) is 1. The number of anilines is 2. The summed E-state index contributed by atoms with van der Waals surface area (Å²) in [6.45, 7) is 1.78. The lowest BCUT2D eigenvalue weighted by atomic mass is 9.82. The van der Waals surface area contributed by atoms with Crippen LogP contribution in [0.5, 0.6) is 5.75 Å². The van der Waals surface area contributed by atoms with Crippen molar-refractivity contribution in [3.8, 4) is 5.75 Å². The molecule has 0 unspecified atom stereocenters. The topological polar surface area (TPSA) is 76.8 Å². The second-order valence-electron chi connectivity index (χ2n) is 8.27. The number of alkyl halides is 3. The monoisotopic (exact) mass is 499 g/mol. The number of fused-ring (bicyclic) bond motifs is 2. The molecule has 2 bridgehead atoms. The van der Waals surface area contributed by atoms with Crippen LogP contribution in [0.4, 0.5) is 28.9 Å². The van der Waals surface area contributed by atoms with Crippen LogP contribution in [0.2, 0.25) is 5.02 Å². The minimum absolute atomic E-state index is 0.0160. The van der Waals surface area contributed by atoms with E-state index in [-0.39, 0.29) is 45.9 Å². The van der Waals surface area contributed by atoms with Gasteiger partial charge in [-0.1, -0.05) is 11.6 Å². The highest BCUT2D eigenvalue weighted by Gasteiger charge is 2.41. The van der Waals surface area contributed by atoms with E-state index >= 15 is 0 Å². The number of nitrogens with two attached hydrogens (primary N) is 1. The van der Waals surface area contributed by atoms with Gasteiger partial charge in [0.2, 0.25) is 5.91 Å². The maximum Gasteiger partial charge on any atom is 0.573 e. The number of halogens is 5. The molecule has 3 atom stereocenters. The summed E-state index contributed by atoms with van der Waals surface area (Å²) in [4.78, 5) is 14.5. The largest absolute Gasteiger partial charge is 0.573 e. The molecule has 6 nitrogen and oxygen atoms in total. The number of rotatable bonds is 5. The van der Waals surface area contributed by atoms with E-state index in [0.717, 1.165) is 17.8 Å². The van der Waals surface area contributed by atoms with Gasteiger partial charge in [0.15, 0.2) is 0 Å². The maximum absolute atomic E-state index is 13.2. The fraction of sp³-hybridized carbons (Fsp3) is 0.348. The molecule has 1 amide bonds. The number of benzene rings is 2. The lowest BCUT2D eigenvalue weighted by Crippen LogP contribution is -2.59. The third-order valence-corrected chi connectivity index (χ3v) is 6.14. The molecule has 182 valence electrons. The molecule has 2 saturated heterocycles. The van der Waals surface area contributed by atoms with Gasteiger partial charge in [0.25, 0.3) is 0 Å². The molecule has 4 rings (SSSR count). The Morgan fingerprint density at radius 1 is 1.18 bits per heavy atom. The van der Waals surface area contributed by atoms with Crippen LogP contribution in [0, 0.1) is 17.7 Å². The second kappa shape index (κ2) is 9.71. The molecule has 0 saturated carbocycles. The SMILES string of the molecule is Nc1cc(Cl)c(OC(F)(F)F)cc1/C=C/C(=O)N1C[C@H]2COC[C@@H](C1)[C@H]2Nc1ccc(F)cc1. The van der Waals surface area contributed by atoms with Crippen molar-refractivity contribution >= 4 is 35.0 Å². The Hall–Kier alpha value is -2.98. The van der Waals surface area contributed by atoms with E-state index in [2.05, 4.69) is 10.1 Å². The van der Waals surface area contributed by atoms with Gasteiger partial charge in [-0.05, 0) is 42.5 Å². The van der Waals surface area contributed by atoms with Gasteiger partial charge in [-0.25, -0.2) is 4.39 Å². The molecule has 2 aliphatic rings. The number of likely N-dealkylation sites (tertiary alicyclic amines) is 1. The molecule has 2 aromatic rings. The zero-order valence-electron chi connectivity index (χ0n) is 17.8. The predicted octanol–water partition coefficient (Wildman–Crippen LogP) is 4.56. The first kappa shape index (κ1) is 24.2. The zero-order valence-corrected chi connectivity index (χ0v) is 18.6. The molecule has 34 heavy (non-hydrogen) atoms. The Morgan fingerprint density at radius 3 is 2.44 bits per heavy atom. The number of hydrogen-bond acceptors (Lipinski definition) is 5. The normalized spacial score (nSPS) is 22.6. The van der Waals surface area contributed by atoms with Gasteiger partial charge in [0.05, 0.1) is 18.2 Å². The molecule has 2 aliphatic heterocycles. The summed E-state index contributed by atoms with van der Waals surface area (Å²) in [5.74, 6) is -1.19. The molecule has 0 spiro atoms. The average Bonchev–Trinajstić information content (AvgIpc) is 2.75. The molecule has 3 N–H and O–H groups in total. The minimum Gasteiger partial charge on any atom is -0.404 e. The molecule has 2 fully saturated rings. The summed E-state index contributed by atoms with van der Waals surface area (Å²) >= 11 is 5.79. The highest BCUT2D eigenvalue weighted by Crippen LogP contribution is 2.35. The predicted molar refractivity (Wildman–Crippen MR) is 120 cm³/mol. The smallest absolute Gasteiger partial charge is 0.404 e. The zero-order chi connectivity index (χ0) is 24.5. The quantitative estimate of drug-likeness (QED) is 0.358. The Balaban J connectivity index is 1.44. The third kappa shape index (κ3) is 5.74. The van der Waals surface area contributed by atoms with Gasteiger partial charge < -0.3 is 25.4 Å². The molecule has 2 heterocycles. The lowest BCUT2D eigenvalue weighted by Gasteiger charge is -2.47. The molecular formula is C23H22ClF4N3O3. The first-order valence-corrected chi connectivity index (χ1v) is 10.9. The van der Waals surface area contributed by atoms with Crippen molar-refractivity contribution in [2.75, 3.05) is 37.4 Å². The van der Waals surface area contributed by atoms with Crippen molar-refractivity contribution in [1.29, 1.82) is 0 Å². The summed E-state index contributed by atoms with van der Waals surface area (Å²) in [7, 11) is 0. The van der Waals surface area contributed by atoms with Crippen molar-refractivity contribution in [1.82, 2.24) is 4.90 Å². The summed E-state index contributed by atoms with van der Waals surface area (Å²) in [5, 5.41) is 3.14. The van der Waals surface area contributed by atoms with Crippen LogP contribution < -0.4 is 15.8 Å². The number of piperidine rings is 1. The van der Waals surface area contributed by atoms with Gasteiger partial charge in [-0.2, -0.15) is 0 Å². The van der Waals surface area contributed by atoms with Crippen molar-refractivity contribution in [3.05, 3.63) is 58.9 Å². The summed E-state index contributed by atoms with van der Waals surface area (Å²) in [6.07, 6.45) is -2.31. The standard InChI is InChI=1S/C23H22ClF4N3O3/c24-18-8-19(29)13(7-20(18)34-23(26,27)28)1-6-21(32)31-9-14-11-33-12-15(10-31)22(14)30-17-4-2-16(25)3-5-17/h1-8,14-15,22,30H,9-12,29H2/b6-1+/t14-,15+,22-. The highest BCUT2D eigenvalue weighted by molar-refractivity contribution is 6.32. The number of ether oxygens (including phenoxy) is 2. The van der Waals surface area contributed by atoms with Gasteiger partial charge in [0, 0.05) is 54.0 Å². The maximum atomic E-state index is 13.2. The molecule has 0 radical (unpaired) electrons. The second-order valence-corrected chi connectivity index (χ2v) is 8.68. The van der Waals surface area contributed by atoms with Crippen LogP contribution in [0.1, 0.15) is 5.56 Å². The van der Waals surface area contributed by atoms with Crippen LogP contribution in [0.3, 0.4) is 0 Å². The van der Waals surface area contributed by atoms with Crippen molar-refractivity contribution in [2.45, 2.75) is 12.4 Å². The summed E-state index contributed by atoms with van der Waals surface area (Å²) in [5.41, 5.74) is 6.92. The van der Waals surface area contributed by atoms with Crippen LogP contribution >= 0.6 is 11.6 Å². The lowest BCUT2D eigenvalue weighted by molar-refractivity contribution is -0.274. The Bertz CT molecular complexity index is 1060. The van der Waals surface area contributed by atoms with E-state index in [1.165, 1.54) is 24.3 Å². The number of nitrogens with one attached hydrogen (secondary N) is 1. The Labute approximate surface area is 198 Å². The first-order chi connectivity index (χ1) is 16.1. The van der Waals surface area contributed by atoms with Gasteiger partial charge >= 0.3 is 6.36 Å². The fourth-order valence-corrected chi connectivity index (χ4v) is 4.50. The van der Waals surface area contributed by atoms with Crippen molar-refractivity contribution in [2.24, 2.45) is 11.8 Å². The molecule has 0 aromatic heterocycles. The Kier molecular flexibility index (Phi) is 6.90. The van der Waals surface area contributed by atoms with Crippen molar-refractivity contribution in [3.63, 3.8) is 0 Å². The van der Waals surface area contributed by atoms with E-state index in [9.17, 15) is 22.4 Å². The molecular weight excluding hydrogens is 478 g/mol. The number of nitrogen functional groups attached to an aromatic ring is 1. The van der Waals surface area contributed by atoms with E-state index in [1.807, 2.05) is 0 Å². The van der Waals surface area contributed by atoms with Crippen molar-refractivity contribution < 1.29 is 31.8 Å². The highest BCUT2D eigenvalue weighted by atomic mass is 35.5. The summed E-state index contributed by atoms with van der Waals surface area (Å²) < 4.78 is 60.5. The van der Waals surface area contributed by atoms with Gasteiger partial charge in [-0.15, -0.1) is 13.2 Å². The molecule has 11 heteroatoms. The van der Waals surface area contributed by atoms with E-state index < -0.39 is 12.1 Å². The molecule has 0 aliphatic carbocycles. The molecule has 2 aromatic carbocycles. The Morgan fingerprint density at radius 2 is 1.82 bits per heavy atom.